The number of hydrogen-bond donors (Lipinski definition) is 1. The molecule has 2 aromatic carbocycles. The summed E-state index contributed by atoms with van der Waals surface area (Å²) in [4.78, 5) is 2.46. The van der Waals surface area contributed by atoms with Gasteiger partial charge in [-0.05, 0) is 49.2 Å². The van der Waals surface area contributed by atoms with Crippen LogP contribution in [0.1, 0.15) is 18.4 Å². The van der Waals surface area contributed by atoms with Crippen LogP contribution < -0.4 is 5.32 Å². The van der Waals surface area contributed by atoms with Gasteiger partial charge in [0.05, 0.1) is 0 Å². The fraction of sp³-hybridized carbons (Fsp3) is 0.300. The first-order valence-electron chi connectivity index (χ1n) is 8.26. The Morgan fingerprint density at radius 2 is 1.87 bits per heavy atom. The average molecular weight is 310 g/mol. The van der Waals surface area contributed by atoms with Crippen molar-refractivity contribution in [3.05, 3.63) is 72.1 Å². The molecule has 3 heteroatoms. The van der Waals surface area contributed by atoms with Crippen molar-refractivity contribution in [3.63, 3.8) is 0 Å². The Bertz CT molecular complexity index is 622. The lowest BCUT2D eigenvalue weighted by Crippen LogP contribution is -2.42. The maximum absolute atomic E-state index is 12.9. The summed E-state index contributed by atoms with van der Waals surface area (Å²) >= 11 is 0. The van der Waals surface area contributed by atoms with Gasteiger partial charge in [0.2, 0.25) is 0 Å². The van der Waals surface area contributed by atoms with Crippen molar-refractivity contribution in [1.29, 1.82) is 0 Å². The molecule has 2 aromatic rings. The van der Waals surface area contributed by atoms with E-state index in [2.05, 4.69) is 46.6 Å². The van der Waals surface area contributed by atoms with Crippen LogP contribution in [0.5, 0.6) is 0 Å². The molecule has 1 fully saturated rings. The zero-order chi connectivity index (χ0) is 15.9. The molecule has 0 radical (unpaired) electrons. The average Bonchev–Trinajstić information content (AvgIpc) is 2.58. The summed E-state index contributed by atoms with van der Waals surface area (Å²) in [5.41, 5.74) is 2.24. The number of piperidine rings is 1. The highest BCUT2D eigenvalue weighted by Gasteiger charge is 2.18. The second-order valence-corrected chi connectivity index (χ2v) is 6.06. The van der Waals surface area contributed by atoms with E-state index in [4.69, 9.17) is 0 Å². The zero-order valence-electron chi connectivity index (χ0n) is 13.3. The number of hydrogen-bond acceptors (Lipinski definition) is 2. The van der Waals surface area contributed by atoms with Gasteiger partial charge in [-0.3, -0.25) is 4.90 Å². The molecule has 0 spiro atoms. The van der Waals surface area contributed by atoms with E-state index < -0.39 is 0 Å². The Labute approximate surface area is 137 Å². The fourth-order valence-corrected chi connectivity index (χ4v) is 3.02. The Kier molecular flexibility index (Phi) is 5.43. The highest BCUT2D eigenvalue weighted by molar-refractivity contribution is 5.49. The molecule has 0 aromatic heterocycles. The Morgan fingerprint density at radius 1 is 1.09 bits per heavy atom. The Morgan fingerprint density at radius 3 is 2.65 bits per heavy atom. The minimum atomic E-state index is -0.187. The Hall–Kier alpha value is -2.13. The van der Waals surface area contributed by atoms with Crippen molar-refractivity contribution < 1.29 is 4.39 Å². The van der Waals surface area contributed by atoms with Crippen LogP contribution in [-0.4, -0.2) is 30.6 Å². The van der Waals surface area contributed by atoms with Gasteiger partial charge < -0.3 is 5.32 Å². The molecule has 1 unspecified atom stereocenters. The van der Waals surface area contributed by atoms with Crippen molar-refractivity contribution in [1.82, 2.24) is 4.90 Å². The molecule has 0 aliphatic carbocycles. The summed E-state index contributed by atoms with van der Waals surface area (Å²) < 4.78 is 12.9. The highest BCUT2D eigenvalue weighted by Crippen LogP contribution is 2.16. The first-order valence-corrected chi connectivity index (χ1v) is 8.26. The van der Waals surface area contributed by atoms with Crippen molar-refractivity contribution in [3.8, 4) is 0 Å². The van der Waals surface area contributed by atoms with Crippen molar-refractivity contribution >= 4 is 11.8 Å². The van der Waals surface area contributed by atoms with Gasteiger partial charge in [0.1, 0.15) is 5.82 Å². The minimum absolute atomic E-state index is 0.187. The standard InChI is InChI=1S/C20H23FN2/c21-18-12-10-17(11-13-18)6-4-14-23-15-5-9-20(16-23)22-19-7-2-1-3-8-19/h1-4,6-8,10-13,20,22H,5,9,14-16H2/b6-4+. The third kappa shape index (κ3) is 4.93. The van der Waals surface area contributed by atoms with Crippen LogP contribution in [0, 0.1) is 5.82 Å². The molecular weight excluding hydrogens is 287 g/mol. The summed E-state index contributed by atoms with van der Waals surface area (Å²) in [6.07, 6.45) is 6.66. The third-order valence-corrected chi connectivity index (χ3v) is 4.19. The maximum atomic E-state index is 12.9. The lowest BCUT2D eigenvalue weighted by Gasteiger charge is -2.33. The topological polar surface area (TPSA) is 15.3 Å². The first kappa shape index (κ1) is 15.8. The summed E-state index contributed by atoms with van der Waals surface area (Å²) in [7, 11) is 0. The molecule has 2 nitrogen and oxygen atoms in total. The van der Waals surface area contributed by atoms with Gasteiger partial charge in [-0.1, -0.05) is 42.5 Å². The van der Waals surface area contributed by atoms with Gasteiger partial charge in [0, 0.05) is 24.8 Å². The smallest absolute Gasteiger partial charge is 0.123 e. The van der Waals surface area contributed by atoms with Crippen molar-refractivity contribution in [2.45, 2.75) is 18.9 Å². The van der Waals surface area contributed by atoms with Gasteiger partial charge in [-0.25, -0.2) is 4.39 Å². The third-order valence-electron chi connectivity index (χ3n) is 4.19. The molecule has 1 aliphatic heterocycles. The predicted molar refractivity (Wildman–Crippen MR) is 95.0 cm³/mol. The quantitative estimate of drug-likeness (QED) is 0.879. The normalized spacial score (nSPS) is 19.1. The Balaban J connectivity index is 1.49. The molecule has 120 valence electrons. The molecule has 1 N–H and O–H groups in total. The molecule has 1 heterocycles. The van der Waals surface area contributed by atoms with Crippen LogP contribution in [0.2, 0.25) is 0 Å². The first-order chi connectivity index (χ1) is 11.3. The number of rotatable bonds is 5. The summed E-state index contributed by atoms with van der Waals surface area (Å²) in [5, 5.41) is 3.62. The van der Waals surface area contributed by atoms with Crippen molar-refractivity contribution in [2.24, 2.45) is 0 Å². The number of nitrogens with zero attached hydrogens (tertiary/aromatic N) is 1. The van der Waals surface area contributed by atoms with Crippen LogP contribution >= 0.6 is 0 Å². The summed E-state index contributed by atoms with van der Waals surface area (Å²) in [5.74, 6) is -0.187. The van der Waals surface area contributed by atoms with Crippen LogP contribution in [0.3, 0.4) is 0 Å². The van der Waals surface area contributed by atoms with E-state index in [1.807, 2.05) is 18.2 Å². The predicted octanol–water partition coefficient (Wildman–Crippen LogP) is 4.42. The van der Waals surface area contributed by atoms with Gasteiger partial charge in [0.15, 0.2) is 0 Å². The van der Waals surface area contributed by atoms with E-state index >= 15 is 0 Å². The van der Waals surface area contributed by atoms with Crippen LogP contribution in [0.4, 0.5) is 10.1 Å². The van der Waals surface area contributed by atoms with E-state index in [0.717, 1.165) is 25.2 Å². The zero-order valence-corrected chi connectivity index (χ0v) is 13.3. The van der Waals surface area contributed by atoms with Gasteiger partial charge in [-0.15, -0.1) is 0 Å². The monoisotopic (exact) mass is 310 g/mol. The number of para-hydroxylation sites is 1. The summed E-state index contributed by atoms with van der Waals surface area (Å²) in [6, 6.07) is 17.5. The lowest BCUT2D eigenvalue weighted by molar-refractivity contribution is 0.237. The van der Waals surface area contributed by atoms with Crippen LogP contribution in [-0.2, 0) is 0 Å². The number of anilines is 1. The minimum Gasteiger partial charge on any atom is -0.381 e. The van der Waals surface area contributed by atoms with E-state index in [0.29, 0.717) is 6.04 Å². The fourth-order valence-electron chi connectivity index (χ4n) is 3.02. The molecule has 1 atom stereocenters. The highest BCUT2D eigenvalue weighted by atomic mass is 19.1. The van der Waals surface area contributed by atoms with E-state index in [9.17, 15) is 4.39 Å². The van der Waals surface area contributed by atoms with Crippen LogP contribution in [0.25, 0.3) is 6.08 Å². The van der Waals surface area contributed by atoms with Crippen molar-refractivity contribution in [2.75, 3.05) is 25.0 Å². The van der Waals surface area contributed by atoms with Crippen LogP contribution in [0.15, 0.2) is 60.7 Å². The lowest BCUT2D eigenvalue weighted by atomic mass is 10.1. The van der Waals surface area contributed by atoms with Gasteiger partial charge in [0.25, 0.3) is 0 Å². The van der Waals surface area contributed by atoms with Gasteiger partial charge in [-0.2, -0.15) is 0 Å². The van der Waals surface area contributed by atoms with E-state index in [1.54, 1.807) is 0 Å². The molecule has 1 saturated heterocycles. The second-order valence-electron chi connectivity index (χ2n) is 6.06. The molecule has 0 saturated carbocycles. The molecule has 23 heavy (non-hydrogen) atoms. The van der Waals surface area contributed by atoms with E-state index in [-0.39, 0.29) is 5.82 Å². The molecule has 3 rings (SSSR count). The number of likely N-dealkylation sites (tertiary alicyclic amines) is 1. The largest absolute Gasteiger partial charge is 0.381 e. The molecule has 1 aliphatic rings. The molecular formula is C20H23FN2. The number of halogens is 1. The summed E-state index contributed by atoms with van der Waals surface area (Å²) in [6.45, 7) is 3.13. The molecule has 0 amide bonds. The second kappa shape index (κ2) is 7.93. The molecule has 0 bridgehead atoms. The van der Waals surface area contributed by atoms with Gasteiger partial charge >= 0.3 is 0 Å². The number of nitrogens with one attached hydrogen (secondary N) is 1. The maximum Gasteiger partial charge on any atom is 0.123 e. The number of benzene rings is 2. The SMILES string of the molecule is Fc1ccc(/C=C/CN2CCCC(Nc3ccccc3)C2)cc1. The van der Waals surface area contributed by atoms with E-state index in [1.165, 1.54) is 30.7 Å².